The van der Waals surface area contributed by atoms with Gasteiger partial charge in [0.05, 0.1) is 0 Å². The third-order valence-corrected chi connectivity index (χ3v) is 5.31. The van der Waals surface area contributed by atoms with Crippen molar-refractivity contribution in [1.29, 1.82) is 0 Å². The zero-order valence-corrected chi connectivity index (χ0v) is 14.9. The Labute approximate surface area is 150 Å². The van der Waals surface area contributed by atoms with Crippen LogP contribution in [0.25, 0.3) is 0 Å². The molecule has 0 radical (unpaired) electrons. The molecule has 0 unspecified atom stereocenters. The second-order valence-corrected chi connectivity index (χ2v) is 6.76. The molecule has 0 bridgehead atoms. The SMILES string of the molecule is CNC(=O)[C@@]1(CCCc2ccccn2)CCN1CCc1ccccc1. The van der Waals surface area contributed by atoms with Crippen molar-refractivity contribution in [1.82, 2.24) is 15.2 Å². The van der Waals surface area contributed by atoms with Crippen LogP contribution < -0.4 is 5.32 Å². The number of carbonyl (C=O) groups excluding carboxylic acids is 1. The summed E-state index contributed by atoms with van der Waals surface area (Å²) in [6, 6.07) is 16.5. The van der Waals surface area contributed by atoms with Gasteiger partial charge in [0.2, 0.25) is 5.91 Å². The van der Waals surface area contributed by atoms with Gasteiger partial charge in [-0.05, 0) is 49.8 Å². The van der Waals surface area contributed by atoms with Crippen molar-refractivity contribution in [2.45, 2.75) is 37.6 Å². The summed E-state index contributed by atoms with van der Waals surface area (Å²) in [5.74, 6) is 0.160. The molecule has 3 rings (SSSR count). The third-order valence-electron chi connectivity index (χ3n) is 5.31. The molecule has 1 aliphatic heterocycles. The van der Waals surface area contributed by atoms with Gasteiger partial charge < -0.3 is 5.32 Å². The Morgan fingerprint density at radius 2 is 1.96 bits per heavy atom. The Balaban J connectivity index is 1.59. The summed E-state index contributed by atoms with van der Waals surface area (Å²) in [5, 5.41) is 2.89. The number of amides is 1. The first-order valence-corrected chi connectivity index (χ1v) is 9.16. The summed E-state index contributed by atoms with van der Waals surface area (Å²) in [7, 11) is 1.75. The number of benzene rings is 1. The van der Waals surface area contributed by atoms with E-state index in [1.807, 2.05) is 24.4 Å². The van der Waals surface area contributed by atoms with Gasteiger partial charge in [-0.3, -0.25) is 14.7 Å². The molecule has 2 aromatic rings. The maximum Gasteiger partial charge on any atom is 0.240 e. The molecule has 0 aliphatic carbocycles. The Hall–Kier alpha value is -2.20. The molecule has 0 spiro atoms. The van der Waals surface area contributed by atoms with Crippen LogP contribution in [-0.2, 0) is 17.6 Å². The first kappa shape index (κ1) is 17.6. The lowest BCUT2D eigenvalue weighted by molar-refractivity contribution is -0.143. The molecule has 1 fully saturated rings. The van der Waals surface area contributed by atoms with Gasteiger partial charge in [-0.15, -0.1) is 0 Å². The number of hydrogen-bond donors (Lipinski definition) is 1. The van der Waals surface area contributed by atoms with Gasteiger partial charge in [-0.2, -0.15) is 0 Å². The predicted molar refractivity (Wildman–Crippen MR) is 100 cm³/mol. The Morgan fingerprint density at radius 3 is 2.60 bits per heavy atom. The highest BCUT2D eigenvalue weighted by atomic mass is 16.2. The third kappa shape index (κ3) is 4.07. The molecular weight excluding hydrogens is 310 g/mol. The van der Waals surface area contributed by atoms with Gasteiger partial charge in [-0.25, -0.2) is 0 Å². The minimum Gasteiger partial charge on any atom is -0.358 e. The van der Waals surface area contributed by atoms with Crippen LogP contribution in [0.15, 0.2) is 54.7 Å². The molecule has 1 aromatic carbocycles. The number of pyridine rings is 1. The molecule has 1 amide bonds. The highest BCUT2D eigenvalue weighted by Crippen LogP contribution is 2.36. The van der Waals surface area contributed by atoms with Gasteiger partial charge >= 0.3 is 0 Å². The number of likely N-dealkylation sites (tertiary alicyclic amines) is 1. The Kier molecular flexibility index (Phi) is 5.82. The maximum absolute atomic E-state index is 12.6. The van der Waals surface area contributed by atoms with Crippen LogP contribution in [-0.4, -0.2) is 41.5 Å². The molecule has 1 atom stereocenters. The molecule has 4 heteroatoms. The lowest BCUT2D eigenvalue weighted by Crippen LogP contribution is -2.67. The minimum atomic E-state index is -0.335. The van der Waals surface area contributed by atoms with E-state index in [0.717, 1.165) is 50.9 Å². The smallest absolute Gasteiger partial charge is 0.240 e. The lowest BCUT2D eigenvalue weighted by Gasteiger charge is -2.51. The second kappa shape index (κ2) is 8.26. The van der Waals surface area contributed by atoms with E-state index in [2.05, 4.69) is 45.5 Å². The number of carbonyl (C=O) groups is 1. The fraction of sp³-hybridized carbons (Fsp3) is 0.429. The maximum atomic E-state index is 12.6. The summed E-state index contributed by atoms with van der Waals surface area (Å²) >= 11 is 0. The Bertz CT molecular complexity index is 674. The van der Waals surface area contributed by atoms with E-state index in [1.165, 1.54) is 5.56 Å². The van der Waals surface area contributed by atoms with Crippen LogP contribution in [0.1, 0.15) is 30.5 Å². The number of likely N-dealkylation sites (N-methyl/N-ethyl adjacent to an activating group) is 1. The van der Waals surface area contributed by atoms with E-state index in [0.29, 0.717) is 0 Å². The summed E-state index contributed by atoms with van der Waals surface area (Å²) < 4.78 is 0. The monoisotopic (exact) mass is 337 g/mol. The van der Waals surface area contributed by atoms with Crippen LogP contribution in [0, 0.1) is 0 Å². The first-order valence-electron chi connectivity index (χ1n) is 9.16. The summed E-state index contributed by atoms with van der Waals surface area (Å²) in [4.78, 5) is 19.4. The van der Waals surface area contributed by atoms with Crippen LogP contribution in [0.5, 0.6) is 0 Å². The zero-order chi connectivity index (χ0) is 17.5. The van der Waals surface area contributed by atoms with E-state index in [4.69, 9.17) is 0 Å². The van der Waals surface area contributed by atoms with E-state index in [1.54, 1.807) is 7.05 Å². The van der Waals surface area contributed by atoms with Crippen molar-refractivity contribution >= 4 is 5.91 Å². The van der Waals surface area contributed by atoms with Gasteiger partial charge in [0.25, 0.3) is 0 Å². The van der Waals surface area contributed by atoms with Crippen LogP contribution in [0.3, 0.4) is 0 Å². The fourth-order valence-corrected chi connectivity index (χ4v) is 3.77. The Morgan fingerprint density at radius 1 is 1.16 bits per heavy atom. The quantitative estimate of drug-likeness (QED) is 0.806. The number of nitrogens with one attached hydrogen (secondary N) is 1. The van der Waals surface area contributed by atoms with E-state index >= 15 is 0 Å². The molecule has 1 aromatic heterocycles. The lowest BCUT2D eigenvalue weighted by atomic mass is 9.78. The number of rotatable bonds is 8. The van der Waals surface area contributed by atoms with Crippen LogP contribution in [0.2, 0.25) is 0 Å². The number of aromatic nitrogens is 1. The molecule has 132 valence electrons. The van der Waals surface area contributed by atoms with Crippen molar-refractivity contribution in [2.24, 2.45) is 0 Å². The number of nitrogens with zero attached hydrogens (tertiary/aromatic N) is 2. The minimum absolute atomic E-state index is 0.160. The van der Waals surface area contributed by atoms with E-state index in [-0.39, 0.29) is 11.4 Å². The molecular formula is C21H27N3O. The molecule has 1 N–H and O–H groups in total. The van der Waals surface area contributed by atoms with Crippen molar-refractivity contribution in [3.05, 3.63) is 66.0 Å². The van der Waals surface area contributed by atoms with Crippen LogP contribution >= 0.6 is 0 Å². The topological polar surface area (TPSA) is 45.2 Å². The van der Waals surface area contributed by atoms with Crippen LogP contribution in [0.4, 0.5) is 0 Å². The molecule has 2 heterocycles. The predicted octanol–water partition coefficient (Wildman–Crippen LogP) is 2.84. The summed E-state index contributed by atoms with van der Waals surface area (Å²) in [6.07, 6.45) is 6.55. The first-order chi connectivity index (χ1) is 12.2. The summed E-state index contributed by atoms with van der Waals surface area (Å²) in [5.41, 5.74) is 2.09. The largest absolute Gasteiger partial charge is 0.358 e. The average molecular weight is 337 g/mol. The second-order valence-electron chi connectivity index (χ2n) is 6.76. The van der Waals surface area contributed by atoms with Gasteiger partial charge in [0.15, 0.2) is 0 Å². The zero-order valence-electron chi connectivity index (χ0n) is 14.9. The number of hydrogen-bond acceptors (Lipinski definition) is 3. The fourth-order valence-electron chi connectivity index (χ4n) is 3.77. The highest BCUT2D eigenvalue weighted by molar-refractivity contribution is 5.87. The van der Waals surface area contributed by atoms with Gasteiger partial charge in [-0.1, -0.05) is 36.4 Å². The van der Waals surface area contributed by atoms with Crippen molar-refractivity contribution < 1.29 is 4.79 Å². The van der Waals surface area contributed by atoms with Crippen molar-refractivity contribution in [2.75, 3.05) is 20.1 Å². The van der Waals surface area contributed by atoms with E-state index < -0.39 is 0 Å². The molecule has 1 saturated heterocycles. The molecule has 4 nitrogen and oxygen atoms in total. The normalized spacial score (nSPS) is 20.0. The van der Waals surface area contributed by atoms with Gasteiger partial charge in [0.1, 0.15) is 5.54 Å². The number of aryl methyl sites for hydroxylation is 1. The molecule has 0 saturated carbocycles. The molecule has 1 aliphatic rings. The summed E-state index contributed by atoms with van der Waals surface area (Å²) in [6.45, 7) is 1.94. The standard InChI is InChI=1S/C21H27N3O/c1-22-20(25)21(13-7-11-19-10-5-6-15-23-19)14-17-24(21)16-12-18-8-3-2-4-9-18/h2-6,8-10,15H,7,11-14,16-17H2,1H3,(H,22,25)/t21-/m1/s1. The average Bonchev–Trinajstić information content (AvgIpc) is 2.65. The van der Waals surface area contributed by atoms with Crippen molar-refractivity contribution in [3.8, 4) is 0 Å². The van der Waals surface area contributed by atoms with Crippen molar-refractivity contribution in [3.63, 3.8) is 0 Å². The van der Waals surface area contributed by atoms with Gasteiger partial charge in [0, 0.05) is 32.0 Å². The highest BCUT2D eigenvalue weighted by Gasteiger charge is 2.49. The molecule has 25 heavy (non-hydrogen) atoms. The van der Waals surface area contributed by atoms with E-state index in [9.17, 15) is 4.79 Å².